The smallest absolute Gasteiger partial charge is 0.231 e. The number of carbonyl (C=O) groups is 1. The van der Waals surface area contributed by atoms with Crippen LogP contribution in [-0.2, 0) is 17.8 Å². The Balaban J connectivity index is 1.81. The van der Waals surface area contributed by atoms with Gasteiger partial charge in [0.25, 0.3) is 0 Å². The van der Waals surface area contributed by atoms with Crippen molar-refractivity contribution in [1.29, 1.82) is 0 Å². The Morgan fingerprint density at radius 2 is 1.96 bits per heavy atom. The number of ether oxygens (including phenoxy) is 2. The van der Waals surface area contributed by atoms with Crippen LogP contribution in [0.25, 0.3) is 11.0 Å². The van der Waals surface area contributed by atoms with Crippen molar-refractivity contribution in [3.63, 3.8) is 0 Å². The Kier molecular flexibility index (Phi) is 4.88. The van der Waals surface area contributed by atoms with Gasteiger partial charge in [-0.15, -0.1) is 0 Å². The van der Waals surface area contributed by atoms with Crippen LogP contribution in [0, 0.1) is 0 Å². The molecule has 25 heavy (non-hydrogen) atoms. The third-order valence-electron chi connectivity index (χ3n) is 4.07. The van der Waals surface area contributed by atoms with E-state index in [9.17, 15) is 4.79 Å². The lowest BCUT2D eigenvalue weighted by Crippen LogP contribution is -2.18. The summed E-state index contributed by atoms with van der Waals surface area (Å²) in [6.07, 6.45) is 0.195. The van der Waals surface area contributed by atoms with Crippen molar-refractivity contribution in [1.82, 2.24) is 9.55 Å². The summed E-state index contributed by atoms with van der Waals surface area (Å²) < 4.78 is 12.5. The quantitative estimate of drug-likeness (QED) is 0.749. The summed E-state index contributed by atoms with van der Waals surface area (Å²) in [5, 5.41) is 2.91. The molecule has 0 saturated carbocycles. The fraction of sp³-hybridized carbons (Fsp3) is 0.263. The Hall–Kier alpha value is -3.02. The Labute approximate surface area is 146 Å². The van der Waals surface area contributed by atoms with Gasteiger partial charge in [-0.1, -0.05) is 18.2 Å². The second kappa shape index (κ2) is 7.25. The van der Waals surface area contributed by atoms with Gasteiger partial charge in [0.2, 0.25) is 11.9 Å². The molecule has 0 unspecified atom stereocenters. The van der Waals surface area contributed by atoms with Crippen molar-refractivity contribution in [3.8, 4) is 11.5 Å². The number of anilines is 1. The first-order valence-corrected chi connectivity index (χ1v) is 8.12. The molecule has 0 radical (unpaired) electrons. The van der Waals surface area contributed by atoms with Crippen LogP contribution in [-0.4, -0.2) is 29.7 Å². The number of hydrogen-bond acceptors (Lipinski definition) is 4. The highest BCUT2D eigenvalue weighted by atomic mass is 16.5. The maximum Gasteiger partial charge on any atom is 0.231 e. The molecule has 3 rings (SSSR count). The molecule has 0 bridgehead atoms. The van der Waals surface area contributed by atoms with Crippen molar-refractivity contribution in [2.75, 3.05) is 19.5 Å². The van der Waals surface area contributed by atoms with E-state index in [0.717, 1.165) is 23.1 Å². The highest BCUT2D eigenvalue weighted by Gasteiger charge is 2.14. The minimum atomic E-state index is -0.145. The number of para-hydroxylation sites is 2. The summed E-state index contributed by atoms with van der Waals surface area (Å²) in [7, 11) is 3.17. The van der Waals surface area contributed by atoms with E-state index in [-0.39, 0.29) is 12.3 Å². The van der Waals surface area contributed by atoms with Crippen LogP contribution in [0.2, 0.25) is 0 Å². The average molecular weight is 339 g/mol. The van der Waals surface area contributed by atoms with Gasteiger partial charge in [0.15, 0.2) is 0 Å². The normalized spacial score (nSPS) is 10.7. The number of nitrogens with zero attached hydrogens (tertiary/aromatic N) is 2. The number of methoxy groups -OCH3 is 2. The number of imidazole rings is 1. The van der Waals surface area contributed by atoms with Gasteiger partial charge in [0.05, 0.1) is 31.7 Å². The topological polar surface area (TPSA) is 65.4 Å². The monoisotopic (exact) mass is 339 g/mol. The number of rotatable bonds is 6. The zero-order chi connectivity index (χ0) is 17.8. The third kappa shape index (κ3) is 3.42. The number of amides is 1. The SMILES string of the molecule is CCn1c(NC(=O)Cc2ccc(OC)cc2OC)nc2ccccc21. The van der Waals surface area contributed by atoms with E-state index in [0.29, 0.717) is 17.4 Å². The molecule has 1 aromatic heterocycles. The van der Waals surface area contributed by atoms with E-state index in [1.807, 2.05) is 47.9 Å². The second-order valence-corrected chi connectivity index (χ2v) is 5.57. The van der Waals surface area contributed by atoms with Crippen LogP contribution in [0.1, 0.15) is 12.5 Å². The first-order chi connectivity index (χ1) is 12.2. The van der Waals surface area contributed by atoms with Gasteiger partial charge in [0.1, 0.15) is 11.5 Å². The first-order valence-electron chi connectivity index (χ1n) is 8.12. The minimum Gasteiger partial charge on any atom is -0.497 e. The molecule has 0 aliphatic rings. The number of aryl methyl sites for hydroxylation is 1. The van der Waals surface area contributed by atoms with Gasteiger partial charge in [0, 0.05) is 18.2 Å². The molecule has 1 N–H and O–H groups in total. The Morgan fingerprint density at radius 1 is 1.16 bits per heavy atom. The molecule has 1 heterocycles. The standard InChI is InChI=1S/C19H21N3O3/c1-4-22-16-8-6-5-7-15(16)20-19(22)21-18(23)11-13-9-10-14(24-2)12-17(13)25-3/h5-10,12H,4,11H2,1-3H3,(H,20,21,23). The lowest BCUT2D eigenvalue weighted by molar-refractivity contribution is -0.115. The summed E-state index contributed by atoms with van der Waals surface area (Å²) in [4.78, 5) is 17.0. The molecule has 0 saturated heterocycles. The van der Waals surface area contributed by atoms with Crippen molar-refractivity contribution in [2.45, 2.75) is 19.9 Å². The van der Waals surface area contributed by atoms with E-state index >= 15 is 0 Å². The largest absolute Gasteiger partial charge is 0.497 e. The number of hydrogen-bond donors (Lipinski definition) is 1. The Bertz CT molecular complexity index is 902. The van der Waals surface area contributed by atoms with Crippen molar-refractivity contribution < 1.29 is 14.3 Å². The summed E-state index contributed by atoms with van der Waals surface area (Å²) in [6, 6.07) is 13.2. The summed E-state index contributed by atoms with van der Waals surface area (Å²) in [5.74, 6) is 1.72. The lowest BCUT2D eigenvalue weighted by Gasteiger charge is -2.11. The van der Waals surface area contributed by atoms with Crippen LogP contribution >= 0.6 is 0 Å². The molecule has 0 atom stereocenters. The Morgan fingerprint density at radius 3 is 2.68 bits per heavy atom. The van der Waals surface area contributed by atoms with E-state index in [1.165, 1.54) is 0 Å². The number of carbonyl (C=O) groups excluding carboxylic acids is 1. The number of nitrogens with one attached hydrogen (secondary N) is 1. The van der Waals surface area contributed by atoms with Crippen molar-refractivity contribution in [3.05, 3.63) is 48.0 Å². The fourth-order valence-electron chi connectivity index (χ4n) is 2.83. The van der Waals surface area contributed by atoms with E-state index in [4.69, 9.17) is 9.47 Å². The van der Waals surface area contributed by atoms with E-state index in [1.54, 1.807) is 20.3 Å². The van der Waals surface area contributed by atoms with E-state index in [2.05, 4.69) is 10.3 Å². The molecule has 6 nitrogen and oxygen atoms in total. The molecular weight excluding hydrogens is 318 g/mol. The number of fused-ring (bicyclic) bond motifs is 1. The van der Waals surface area contributed by atoms with Crippen LogP contribution in [0.4, 0.5) is 5.95 Å². The van der Waals surface area contributed by atoms with Crippen LogP contribution < -0.4 is 14.8 Å². The van der Waals surface area contributed by atoms with Crippen molar-refractivity contribution in [2.24, 2.45) is 0 Å². The van der Waals surface area contributed by atoms with Gasteiger partial charge in [-0.2, -0.15) is 0 Å². The second-order valence-electron chi connectivity index (χ2n) is 5.57. The zero-order valence-electron chi connectivity index (χ0n) is 14.6. The molecule has 2 aromatic carbocycles. The zero-order valence-corrected chi connectivity index (χ0v) is 14.6. The van der Waals surface area contributed by atoms with Crippen LogP contribution in [0.5, 0.6) is 11.5 Å². The maximum atomic E-state index is 12.5. The third-order valence-corrected chi connectivity index (χ3v) is 4.07. The maximum absolute atomic E-state index is 12.5. The highest BCUT2D eigenvalue weighted by Crippen LogP contribution is 2.25. The van der Waals surface area contributed by atoms with Gasteiger partial charge in [-0.25, -0.2) is 4.98 Å². The predicted octanol–water partition coefficient (Wildman–Crippen LogP) is 3.25. The minimum absolute atomic E-state index is 0.145. The molecule has 0 fully saturated rings. The molecule has 0 aliphatic carbocycles. The van der Waals surface area contributed by atoms with Crippen LogP contribution in [0.15, 0.2) is 42.5 Å². The molecule has 0 spiro atoms. The van der Waals surface area contributed by atoms with Gasteiger partial charge in [-0.05, 0) is 25.1 Å². The number of aromatic nitrogens is 2. The van der Waals surface area contributed by atoms with E-state index < -0.39 is 0 Å². The lowest BCUT2D eigenvalue weighted by atomic mass is 10.1. The fourth-order valence-corrected chi connectivity index (χ4v) is 2.83. The van der Waals surface area contributed by atoms with Crippen molar-refractivity contribution >= 4 is 22.9 Å². The molecule has 3 aromatic rings. The van der Waals surface area contributed by atoms with Gasteiger partial charge < -0.3 is 14.0 Å². The summed E-state index contributed by atoms with van der Waals surface area (Å²) in [6.45, 7) is 2.75. The van der Waals surface area contributed by atoms with Gasteiger partial charge >= 0.3 is 0 Å². The molecule has 6 heteroatoms. The summed E-state index contributed by atoms with van der Waals surface area (Å²) >= 11 is 0. The molecule has 0 aliphatic heterocycles. The molecular formula is C19H21N3O3. The number of benzene rings is 2. The summed E-state index contributed by atoms with van der Waals surface area (Å²) in [5.41, 5.74) is 2.66. The first kappa shape index (κ1) is 16.8. The molecule has 1 amide bonds. The predicted molar refractivity (Wildman–Crippen MR) is 97.3 cm³/mol. The molecule has 130 valence electrons. The average Bonchev–Trinajstić information content (AvgIpc) is 2.98. The van der Waals surface area contributed by atoms with Crippen LogP contribution in [0.3, 0.4) is 0 Å². The van der Waals surface area contributed by atoms with Gasteiger partial charge in [-0.3, -0.25) is 10.1 Å². The highest BCUT2D eigenvalue weighted by molar-refractivity contribution is 5.93.